The molecule has 1 aliphatic heterocycles. The van der Waals surface area contributed by atoms with Gasteiger partial charge in [0.1, 0.15) is 0 Å². The molecule has 0 radical (unpaired) electrons. The molecule has 1 N–H and O–H groups in total. The van der Waals surface area contributed by atoms with E-state index in [1.807, 2.05) is 0 Å². The van der Waals surface area contributed by atoms with E-state index in [9.17, 15) is 4.79 Å². The smallest absolute Gasteiger partial charge is 0.428 e. The van der Waals surface area contributed by atoms with Crippen molar-refractivity contribution in [2.75, 3.05) is 6.61 Å². The Morgan fingerprint density at radius 2 is 2.57 bits per heavy atom. The van der Waals surface area contributed by atoms with E-state index in [0.717, 1.165) is 0 Å². The molecule has 0 saturated carbocycles. The maximum Gasteiger partial charge on any atom is 0.510 e. The number of ether oxygens (including phenoxy) is 2. The zero-order valence-corrected chi connectivity index (χ0v) is 3.46. The summed E-state index contributed by atoms with van der Waals surface area (Å²) in [5.74, 6) is 0. The van der Waals surface area contributed by atoms with Gasteiger partial charge in [0.25, 0.3) is 0 Å². The minimum atomic E-state index is -1.05. The topological polar surface area (TPSA) is 55.8 Å². The minimum Gasteiger partial charge on any atom is -0.428 e. The monoisotopic (exact) mass is 104 g/mol. The first kappa shape index (κ1) is 4.39. The molecule has 1 heterocycles. The maximum atomic E-state index is 9.85. The predicted octanol–water partition coefficient (Wildman–Crippen LogP) is -0.528. The molecule has 1 rings (SSSR count). The highest BCUT2D eigenvalue weighted by Gasteiger charge is 2.21. The molecule has 1 unspecified atom stereocenters. The van der Waals surface area contributed by atoms with Crippen LogP contribution in [0, 0.1) is 0 Å². The van der Waals surface area contributed by atoms with Crippen LogP contribution in [0.4, 0.5) is 4.79 Å². The lowest BCUT2D eigenvalue weighted by atomic mass is 10.7. The number of carbonyl (C=O) groups excluding carboxylic acids is 1. The molecule has 0 aromatic carbocycles. The fourth-order valence-electron chi connectivity index (χ4n) is 0.318. The lowest BCUT2D eigenvalue weighted by Crippen LogP contribution is -2.06. The summed E-state index contributed by atoms with van der Waals surface area (Å²) in [6, 6.07) is 0. The van der Waals surface area contributed by atoms with Crippen molar-refractivity contribution in [3.05, 3.63) is 0 Å². The van der Waals surface area contributed by atoms with Crippen LogP contribution < -0.4 is 0 Å². The van der Waals surface area contributed by atoms with Crippen LogP contribution in [-0.4, -0.2) is 24.2 Å². The molecule has 0 amide bonds. The van der Waals surface area contributed by atoms with Crippen LogP contribution in [-0.2, 0) is 9.47 Å². The van der Waals surface area contributed by atoms with Gasteiger partial charge in [-0.3, -0.25) is 0 Å². The van der Waals surface area contributed by atoms with Crippen LogP contribution in [0.1, 0.15) is 0 Å². The molecule has 0 bridgehead atoms. The molecule has 1 aliphatic rings. The summed E-state index contributed by atoms with van der Waals surface area (Å²) in [5, 5.41) is 8.33. The van der Waals surface area contributed by atoms with Crippen molar-refractivity contribution in [2.45, 2.75) is 6.29 Å². The van der Waals surface area contributed by atoms with E-state index >= 15 is 0 Å². The fourth-order valence-corrected chi connectivity index (χ4v) is 0.318. The van der Waals surface area contributed by atoms with Crippen LogP contribution in [0.2, 0.25) is 0 Å². The van der Waals surface area contributed by atoms with E-state index in [0.29, 0.717) is 0 Å². The number of hydrogen-bond donors (Lipinski definition) is 1. The van der Waals surface area contributed by atoms with E-state index in [4.69, 9.17) is 5.11 Å². The molecule has 1 atom stereocenters. The molecule has 0 aliphatic carbocycles. The lowest BCUT2D eigenvalue weighted by Gasteiger charge is -1.89. The molecule has 40 valence electrons. The van der Waals surface area contributed by atoms with Gasteiger partial charge in [-0.2, -0.15) is 0 Å². The fraction of sp³-hybridized carbons (Fsp3) is 0.667. The Balaban J connectivity index is 2.40. The zero-order chi connectivity index (χ0) is 5.28. The molecular weight excluding hydrogens is 100 g/mol. The normalized spacial score (nSPS) is 29.3. The van der Waals surface area contributed by atoms with E-state index < -0.39 is 12.4 Å². The third-order valence-corrected chi connectivity index (χ3v) is 0.576. The number of rotatable bonds is 0. The highest BCUT2D eigenvalue weighted by atomic mass is 16.8. The molecule has 4 nitrogen and oxygen atoms in total. The molecule has 1 saturated heterocycles. The summed E-state index contributed by atoms with van der Waals surface area (Å²) in [6.45, 7) is -0.0428. The molecular formula is C3H4O4. The van der Waals surface area contributed by atoms with Crippen molar-refractivity contribution in [3.8, 4) is 0 Å². The van der Waals surface area contributed by atoms with Crippen molar-refractivity contribution >= 4 is 6.16 Å². The first-order chi connectivity index (χ1) is 3.29. The SMILES string of the molecule is O=C1OCC(O)O1. The number of hydrogen-bond acceptors (Lipinski definition) is 4. The van der Waals surface area contributed by atoms with Gasteiger partial charge in [0.15, 0.2) is 6.61 Å². The molecule has 0 aromatic rings. The van der Waals surface area contributed by atoms with Crippen LogP contribution in [0.15, 0.2) is 0 Å². The molecule has 1 fully saturated rings. The Morgan fingerprint density at radius 3 is 2.71 bits per heavy atom. The van der Waals surface area contributed by atoms with Gasteiger partial charge >= 0.3 is 6.16 Å². The summed E-state index contributed by atoms with van der Waals surface area (Å²) in [6.07, 6.45) is -1.85. The van der Waals surface area contributed by atoms with Gasteiger partial charge in [0.05, 0.1) is 0 Å². The van der Waals surface area contributed by atoms with Gasteiger partial charge in [0, 0.05) is 0 Å². The van der Waals surface area contributed by atoms with Crippen molar-refractivity contribution in [1.82, 2.24) is 0 Å². The molecule has 4 heteroatoms. The summed E-state index contributed by atoms with van der Waals surface area (Å²) in [5.41, 5.74) is 0. The van der Waals surface area contributed by atoms with Crippen molar-refractivity contribution in [1.29, 1.82) is 0 Å². The zero-order valence-electron chi connectivity index (χ0n) is 3.46. The van der Waals surface area contributed by atoms with Crippen LogP contribution in [0.5, 0.6) is 0 Å². The Morgan fingerprint density at radius 1 is 1.86 bits per heavy atom. The average Bonchev–Trinajstić information content (AvgIpc) is 1.87. The van der Waals surface area contributed by atoms with Gasteiger partial charge in [-0.15, -0.1) is 0 Å². The van der Waals surface area contributed by atoms with E-state index in [-0.39, 0.29) is 6.61 Å². The van der Waals surface area contributed by atoms with E-state index in [2.05, 4.69) is 9.47 Å². The Bertz CT molecular complexity index is 88.9. The second-order valence-electron chi connectivity index (χ2n) is 1.13. The highest BCUT2D eigenvalue weighted by Crippen LogP contribution is 2.00. The number of carbonyl (C=O) groups is 1. The third kappa shape index (κ3) is 0.806. The van der Waals surface area contributed by atoms with Gasteiger partial charge in [-0.05, 0) is 0 Å². The average molecular weight is 104 g/mol. The van der Waals surface area contributed by atoms with Gasteiger partial charge in [0.2, 0.25) is 6.29 Å². The van der Waals surface area contributed by atoms with E-state index in [1.54, 1.807) is 0 Å². The first-order valence-corrected chi connectivity index (χ1v) is 1.80. The predicted molar refractivity (Wildman–Crippen MR) is 18.4 cm³/mol. The minimum absolute atomic E-state index is 0.0428. The van der Waals surface area contributed by atoms with Gasteiger partial charge in [-0.1, -0.05) is 0 Å². The lowest BCUT2D eigenvalue weighted by molar-refractivity contribution is -0.0159. The summed E-state index contributed by atoms with van der Waals surface area (Å²) < 4.78 is 8.21. The standard InChI is InChI=1S/C3H4O4/c4-2-1-6-3(5)7-2/h2,4H,1H2. The maximum absolute atomic E-state index is 9.85. The number of cyclic esters (lactones) is 2. The van der Waals surface area contributed by atoms with Gasteiger partial charge in [-0.25, -0.2) is 4.79 Å². The Hall–Kier alpha value is -0.770. The van der Waals surface area contributed by atoms with E-state index in [1.165, 1.54) is 0 Å². The molecule has 7 heavy (non-hydrogen) atoms. The van der Waals surface area contributed by atoms with Crippen LogP contribution >= 0.6 is 0 Å². The highest BCUT2D eigenvalue weighted by molar-refractivity contribution is 5.61. The Labute approximate surface area is 39.6 Å². The second kappa shape index (κ2) is 1.38. The second-order valence-corrected chi connectivity index (χ2v) is 1.13. The summed E-state index contributed by atoms with van der Waals surface area (Å²) in [7, 11) is 0. The number of aliphatic hydroxyl groups is 1. The summed E-state index contributed by atoms with van der Waals surface area (Å²) >= 11 is 0. The van der Waals surface area contributed by atoms with Crippen molar-refractivity contribution in [2.24, 2.45) is 0 Å². The third-order valence-electron chi connectivity index (χ3n) is 0.576. The van der Waals surface area contributed by atoms with Crippen molar-refractivity contribution in [3.63, 3.8) is 0 Å². The van der Waals surface area contributed by atoms with Crippen molar-refractivity contribution < 1.29 is 19.4 Å². The largest absolute Gasteiger partial charge is 0.510 e. The van der Waals surface area contributed by atoms with Gasteiger partial charge < -0.3 is 14.6 Å². The molecule has 0 spiro atoms. The number of aliphatic hydroxyl groups excluding tert-OH is 1. The molecule has 0 aromatic heterocycles. The van der Waals surface area contributed by atoms with Crippen LogP contribution in [0.25, 0.3) is 0 Å². The van der Waals surface area contributed by atoms with Crippen LogP contribution in [0.3, 0.4) is 0 Å². The quantitative estimate of drug-likeness (QED) is 0.420. The first-order valence-electron chi connectivity index (χ1n) is 1.80. The Kier molecular flexibility index (Phi) is 0.867. The summed E-state index contributed by atoms with van der Waals surface area (Å²) in [4.78, 5) is 9.85.